The summed E-state index contributed by atoms with van der Waals surface area (Å²) in [6, 6.07) is 15.6. The molecule has 1 aliphatic rings. The second-order valence-corrected chi connectivity index (χ2v) is 4.90. The Morgan fingerprint density at radius 1 is 1.15 bits per heavy atom. The van der Waals surface area contributed by atoms with E-state index in [-0.39, 0.29) is 6.04 Å². The molecule has 0 spiro atoms. The Hall–Kier alpha value is -2.07. The molecule has 0 saturated carbocycles. The summed E-state index contributed by atoms with van der Waals surface area (Å²) >= 11 is 6.27. The highest BCUT2D eigenvalue weighted by Crippen LogP contribution is 2.35. The van der Waals surface area contributed by atoms with Crippen LogP contribution in [0.5, 0.6) is 5.75 Å². The zero-order chi connectivity index (χ0) is 13.9. The molecule has 0 amide bonds. The highest BCUT2D eigenvalue weighted by molar-refractivity contribution is 6.31. The van der Waals surface area contributed by atoms with Crippen molar-refractivity contribution in [3.8, 4) is 5.75 Å². The summed E-state index contributed by atoms with van der Waals surface area (Å²) in [6.45, 7) is 0.607. The highest BCUT2D eigenvalue weighted by Gasteiger charge is 2.27. The molecule has 3 rings (SSSR count). The molecule has 0 saturated heterocycles. The number of methoxy groups -OCH3 is 1. The van der Waals surface area contributed by atoms with Gasteiger partial charge < -0.3 is 4.74 Å². The minimum Gasteiger partial charge on any atom is -0.497 e. The van der Waals surface area contributed by atoms with Crippen LogP contribution in [0.25, 0.3) is 0 Å². The molecule has 0 N–H and O–H groups in total. The SMILES string of the molecule is COc1ccc(N2N=NCC2c2ccccc2Cl)cc1. The molecule has 5 heteroatoms. The van der Waals surface area contributed by atoms with Crippen LogP contribution < -0.4 is 9.75 Å². The van der Waals surface area contributed by atoms with Gasteiger partial charge in [-0.3, -0.25) is 0 Å². The number of halogens is 1. The van der Waals surface area contributed by atoms with Crippen LogP contribution in [0.1, 0.15) is 11.6 Å². The van der Waals surface area contributed by atoms with E-state index in [1.165, 1.54) is 0 Å². The Morgan fingerprint density at radius 3 is 2.60 bits per heavy atom. The van der Waals surface area contributed by atoms with Crippen molar-refractivity contribution < 1.29 is 4.74 Å². The summed E-state index contributed by atoms with van der Waals surface area (Å²) in [5, 5.41) is 11.0. The monoisotopic (exact) mass is 287 g/mol. The molecule has 4 nitrogen and oxygen atoms in total. The van der Waals surface area contributed by atoms with Gasteiger partial charge in [0.25, 0.3) is 0 Å². The molecule has 0 fully saturated rings. The lowest BCUT2D eigenvalue weighted by molar-refractivity contribution is 0.415. The largest absolute Gasteiger partial charge is 0.497 e. The normalized spacial score (nSPS) is 17.5. The third-order valence-electron chi connectivity index (χ3n) is 3.31. The second-order valence-electron chi connectivity index (χ2n) is 4.49. The Labute approximate surface area is 122 Å². The molecule has 0 bridgehead atoms. The van der Waals surface area contributed by atoms with E-state index in [0.717, 1.165) is 22.0 Å². The topological polar surface area (TPSA) is 37.2 Å². The number of benzene rings is 2. The summed E-state index contributed by atoms with van der Waals surface area (Å²) in [5.41, 5.74) is 2.01. The smallest absolute Gasteiger partial charge is 0.119 e. The first-order chi connectivity index (χ1) is 9.79. The van der Waals surface area contributed by atoms with Crippen molar-refractivity contribution in [3.05, 3.63) is 59.1 Å². The van der Waals surface area contributed by atoms with Gasteiger partial charge in [0.1, 0.15) is 11.8 Å². The lowest BCUT2D eigenvalue weighted by Gasteiger charge is -2.23. The number of anilines is 1. The van der Waals surface area contributed by atoms with Gasteiger partial charge in [0.2, 0.25) is 0 Å². The first-order valence-corrected chi connectivity index (χ1v) is 6.72. The van der Waals surface area contributed by atoms with Crippen LogP contribution in [0.2, 0.25) is 5.02 Å². The molecule has 0 aromatic heterocycles. The average molecular weight is 288 g/mol. The zero-order valence-corrected chi connectivity index (χ0v) is 11.8. The first-order valence-electron chi connectivity index (χ1n) is 6.35. The van der Waals surface area contributed by atoms with Crippen molar-refractivity contribution in [2.75, 3.05) is 18.7 Å². The van der Waals surface area contributed by atoms with E-state index in [4.69, 9.17) is 16.3 Å². The molecule has 1 atom stereocenters. The minimum atomic E-state index is 0.0390. The van der Waals surface area contributed by atoms with Crippen molar-refractivity contribution >= 4 is 17.3 Å². The molecular formula is C15H14ClN3O. The van der Waals surface area contributed by atoms with Crippen LogP contribution in [-0.4, -0.2) is 13.7 Å². The van der Waals surface area contributed by atoms with Crippen LogP contribution >= 0.6 is 11.6 Å². The molecule has 2 aromatic carbocycles. The fourth-order valence-corrected chi connectivity index (χ4v) is 2.53. The molecule has 20 heavy (non-hydrogen) atoms. The molecule has 0 aliphatic carbocycles. The van der Waals surface area contributed by atoms with E-state index in [2.05, 4.69) is 10.3 Å². The number of rotatable bonds is 3. The Kier molecular flexibility index (Phi) is 3.56. The summed E-state index contributed by atoms with van der Waals surface area (Å²) in [5.74, 6) is 0.819. The molecule has 2 aromatic rings. The minimum absolute atomic E-state index is 0.0390. The summed E-state index contributed by atoms with van der Waals surface area (Å²) < 4.78 is 5.17. The van der Waals surface area contributed by atoms with Gasteiger partial charge in [0, 0.05) is 5.02 Å². The number of hydrogen-bond donors (Lipinski definition) is 0. The van der Waals surface area contributed by atoms with E-state index in [0.29, 0.717) is 6.54 Å². The quantitative estimate of drug-likeness (QED) is 0.845. The van der Waals surface area contributed by atoms with Gasteiger partial charge >= 0.3 is 0 Å². The zero-order valence-electron chi connectivity index (χ0n) is 11.0. The van der Waals surface area contributed by atoms with E-state index < -0.39 is 0 Å². The predicted octanol–water partition coefficient (Wildman–Crippen LogP) is 4.28. The van der Waals surface area contributed by atoms with Crippen LogP contribution in [0, 0.1) is 0 Å². The maximum absolute atomic E-state index is 6.27. The maximum atomic E-state index is 6.27. The Bertz CT molecular complexity index is 627. The lowest BCUT2D eigenvalue weighted by Crippen LogP contribution is -2.20. The van der Waals surface area contributed by atoms with Gasteiger partial charge in [-0.15, -0.1) is 0 Å². The fourth-order valence-electron chi connectivity index (χ4n) is 2.26. The Morgan fingerprint density at radius 2 is 1.90 bits per heavy atom. The van der Waals surface area contributed by atoms with Gasteiger partial charge in [0.05, 0.1) is 19.3 Å². The standard InChI is InChI=1S/C15H14ClN3O/c1-20-12-8-6-11(7-9-12)19-15(10-17-18-19)13-4-2-3-5-14(13)16/h2-9,15H,10H2,1H3. The van der Waals surface area contributed by atoms with Gasteiger partial charge in [-0.2, -0.15) is 5.11 Å². The summed E-state index contributed by atoms with van der Waals surface area (Å²) in [4.78, 5) is 0. The van der Waals surface area contributed by atoms with Crippen molar-refractivity contribution in [1.29, 1.82) is 0 Å². The van der Waals surface area contributed by atoms with Crippen molar-refractivity contribution in [1.82, 2.24) is 0 Å². The maximum Gasteiger partial charge on any atom is 0.119 e. The van der Waals surface area contributed by atoms with E-state index >= 15 is 0 Å². The number of hydrogen-bond acceptors (Lipinski definition) is 4. The van der Waals surface area contributed by atoms with E-state index in [1.54, 1.807) is 7.11 Å². The van der Waals surface area contributed by atoms with Gasteiger partial charge in [-0.05, 0) is 35.9 Å². The van der Waals surface area contributed by atoms with E-state index in [1.807, 2.05) is 53.5 Å². The van der Waals surface area contributed by atoms with Crippen molar-refractivity contribution in [3.63, 3.8) is 0 Å². The fraction of sp³-hybridized carbons (Fsp3) is 0.200. The molecule has 1 aliphatic heterocycles. The second kappa shape index (κ2) is 5.51. The van der Waals surface area contributed by atoms with E-state index in [9.17, 15) is 0 Å². The summed E-state index contributed by atoms with van der Waals surface area (Å²) in [6.07, 6.45) is 0. The molecule has 102 valence electrons. The number of ether oxygens (including phenoxy) is 1. The average Bonchev–Trinajstić information content (AvgIpc) is 2.97. The van der Waals surface area contributed by atoms with Crippen LogP contribution in [0.4, 0.5) is 5.69 Å². The Balaban J connectivity index is 1.92. The molecule has 1 unspecified atom stereocenters. The molecule has 1 heterocycles. The van der Waals surface area contributed by atoms with Gasteiger partial charge in [0.15, 0.2) is 0 Å². The van der Waals surface area contributed by atoms with Crippen molar-refractivity contribution in [2.24, 2.45) is 10.3 Å². The molecule has 0 radical (unpaired) electrons. The van der Waals surface area contributed by atoms with Gasteiger partial charge in [-0.25, -0.2) is 5.01 Å². The van der Waals surface area contributed by atoms with Gasteiger partial charge in [-0.1, -0.05) is 35.0 Å². The third-order valence-corrected chi connectivity index (χ3v) is 3.65. The van der Waals surface area contributed by atoms with Crippen LogP contribution in [-0.2, 0) is 0 Å². The first kappa shape index (κ1) is 12.9. The van der Waals surface area contributed by atoms with Crippen molar-refractivity contribution in [2.45, 2.75) is 6.04 Å². The highest BCUT2D eigenvalue weighted by atomic mass is 35.5. The number of nitrogens with zero attached hydrogens (tertiary/aromatic N) is 3. The van der Waals surface area contributed by atoms with Crippen LogP contribution in [0.3, 0.4) is 0 Å². The summed E-state index contributed by atoms with van der Waals surface area (Å²) in [7, 11) is 1.65. The lowest BCUT2D eigenvalue weighted by atomic mass is 10.1. The predicted molar refractivity (Wildman–Crippen MR) is 79.4 cm³/mol. The van der Waals surface area contributed by atoms with Crippen LogP contribution in [0.15, 0.2) is 58.9 Å². The third kappa shape index (κ3) is 2.34. The molecular weight excluding hydrogens is 274 g/mol.